The highest BCUT2D eigenvalue weighted by molar-refractivity contribution is 5.97. The molecule has 0 bridgehead atoms. The highest BCUT2D eigenvalue weighted by Crippen LogP contribution is 2.09. The van der Waals surface area contributed by atoms with Gasteiger partial charge in [-0.15, -0.1) is 0 Å². The Balaban J connectivity index is 1.82. The van der Waals surface area contributed by atoms with E-state index >= 15 is 0 Å². The number of ether oxygens (including phenoxy) is 1. The molecule has 21 heavy (non-hydrogen) atoms. The molecule has 1 aromatic rings. The molecule has 1 aromatic carbocycles. The number of rotatable bonds is 4. The molecule has 0 atom stereocenters. The molecule has 0 aliphatic carbocycles. The van der Waals surface area contributed by atoms with Gasteiger partial charge in [0.2, 0.25) is 0 Å². The number of nitrogens with zero attached hydrogens (tertiary/aromatic N) is 2. The van der Waals surface area contributed by atoms with Crippen molar-refractivity contribution in [2.24, 2.45) is 0 Å². The lowest BCUT2D eigenvalue weighted by molar-refractivity contribution is 0.0733. The monoisotopic (exact) mass is 291 g/mol. The van der Waals surface area contributed by atoms with E-state index in [4.69, 9.17) is 10.5 Å². The molecule has 6 heteroatoms. The van der Waals surface area contributed by atoms with Crippen LogP contribution in [0, 0.1) is 0 Å². The smallest absolute Gasteiger partial charge is 0.409 e. The molecule has 0 radical (unpaired) electrons. The van der Waals surface area contributed by atoms with Crippen LogP contribution >= 0.6 is 0 Å². The minimum Gasteiger partial charge on any atom is -0.450 e. The van der Waals surface area contributed by atoms with Crippen molar-refractivity contribution in [3.63, 3.8) is 0 Å². The fourth-order valence-corrected chi connectivity index (χ4v) is 2.27. The van der Waals surface area contributed by atoms with E-state index in [2.05, 4.69) is 4.90 Å². The molecule has 114 valence electrons. The maximum Gasteiger partial charge on any atom is 0.409 e. The average molecular weight is 291 g/mol. The van der Waals surface area contributed by atoms with Gasteiger partial charge in [-0.3, -0.25) is 9.69 Å². The highest BCUT2D eigenvalue weighted by atomic mass is 16.6. The molecule has 1 aliphatic heterocycles. The normalized spacial score (nSPS) is 15.8. The summed E-state index contributed by atoms with van der Waals surface area (Å²) >= 11 is 0. The summed E-state index contributed by atoms with van der Waals surface area (Å²) in [4.78, 5) is 27.5. The number of benzene rings is 1. The van der Waals surface area contributed by atoms with Crippen molar-refractivity contribution in [2.45, 2.75) is 6.92 Å². The Kier molecular flexibility index (Phi) is 5.16. The van der Waals surface area contributed by atoms with Crippen molar-refractivity contribution in [2.75, 3.05) is 45.1 Å². The van der Waals surface area contributed by atoms with Crippen LogP contribution in [0.4, 0.5) is 10.5 Å². The number of piperazine rings is 1. The second-order valence-electron chi connectivity index (χ2n) is 5.01. The number of hydrogen-bond acceptors (Lipinski definition) is 5. The summed E-state index contributed by atoms with van der Waals surface area (Å²) in [6, 6.07) is 6.94. The van der Waals surface area contributed by atoms with Crippen LogP contribution in [-0.4, -0.2) is 61.0 Å². The van der Waals surface area contributed by atoms with Gasteiger partial charge in [0.05, 0.1) is 13.2 Å². The molecule has 2 N–H and O–H groups in total. The second-order valence-corrected chi connectivity index (χ2v) is 5.01. The predicted molar refractivity (Wildman–Crippen MR) is 80.2 cm³/mol. The second kappa shape index (κ2) is 7.08. The Bertz CT molecular complexity index is 493. The van der Waals surface area contributed by atoms with Gasteiger partial charge in [-0.1, -0.05) is 0 Å². The number of Topliss-reactive ketones (excluding diaryl/α,β-unsaturated/α-hetero) is 1. The van der Waals surface area contributed by atoms with Crippen molar-refractivity contribution in [1.82, 2.24) is 9.80 Å². The van der Waals surface area contributed by atoms with Crippen molar-refractivity contribution < 1.29 is 14.3 Å². The molecule has 1 saturated heterocycles. The minimum atomic E-state index is -0.276. The van der Waals surface area contributed by atoms with Crippen molar-refractivity contribution in [3.05, 3.63) is 29.8 Å². The Morgan fingerprint density at radius 3 is 2.33 bits per heavy atom. The lowest BCUT2D eigenvalue weighted by Gasteiger charge is -2.33. The van der Waals surface area contributed by atoms with E-state index in [0.717, 1.165) is 0 Å². The number of anilines is 1. The van der Waals surface area contributed by atoms with Gasteiger partial charge in [-0.25, -0.2) is 4.79 Å². The van der Waals surface area contributed by atoms with Crippen LogP contribution in [0.2, 0.25) is 0 Å². The van der Waals surface area contributed by atoms with Crippen LogP contribution in [0.25, 0.3) is 0 Å². The molecule has 1 heterocycles. The van der Waals surface area contributed by atoms with Crippen LogP contribution in [-0.2, 0) is 4.74 Å². The van der Waals surface area contributed by atoms with Crippen LogP contribution in [0.15, 0.2) is 24.3 Å². The molecule has 1 amide bonds. The van der Waals surface area contributed by atoms with Crippen LogP contribution < -0.4 is 5.73 Å². The molecule has 0 aromatic heterocycles. The fraction of sp³-hybridized carbons (Fsp3) is 0.467. The summed E-state index contributed by atoms with van der Waals surface area (Å²) in [5.41, 5.74) is 6.92. The van der Waals surface area contributed by atoms with Crippen LogP contribution in [0.1, 0.15) is 17.3 Å². The van der Waals surface area contributed by atoms with Gasteiger partial charge in [0.25, 0.3) is 0 Å². The molecule has 1 aliphatic rings. The fourth-order valence-electron chi connectivity index (χ4n) is 2.27. The molecule has 1 fully saturated rings. The Labute approximate surface area is 124 Å². The van der Waals surface area contributed by atoms with Crippen molar-refractivity contribution in [1.29, 1.82) is 0 Å². The lowest BCUT2D eigenvalue weighted by atomic mass is 10.1. The number of carbonyl (C=O) groups is 2. The van der Waals surface area contributed by atoms with Gasteiger partial charge in [-0.2, -0.15) is 0 Å². The molecular formula is C15H21N3O3. The number of nitrogens with two attached hydrogens (primary N) is 1. The van der Waals surface area contributed by atoms with Gasteiger partial charge in [0, 0.05) is 37.4 Å². The first-order chi connectivity index (χ1) is 10.1. The topological polar surface area (TPSA) is 75.9 Å². The standard InChI is InChI=1S/C15H21N3O3/c1-2-21-15(20)18-9-7-17(8-10-18)11-14(19)12-3-5-13(16)6-4-12/h3-6H,2,7-11,16H2,1H3. The largest absolute Gasteiger partial charge is 0.450 e. The third kappa shape index (κ3) is 4.19. The van der Waals surface area contributed by atoms with Crippen molar-refractivity contribution >= 4 is 17.6 Å². The summed E-state index contributed by atoms with van der Waals surface area (Å²) in [5, 5.41) is 0. The maximum atomic E-state index is 12.2. The van der Waals surface area contributed by atoms with Gasteiger partial charge in [0.1, 0.15) is 0 Å². The van der Waals surface area contributed by atoms with E-state index in [1.165, 1.54) is 0 Å². The number of nitrogen functional groups attached to an aromatic ring is 1. The molecule has 0 saturated carbocycles. The maximum absolute atomic E-state index is 12.2. The number of carbonyl (C=O) groups excluding carboxylic acids is 2. The Morgan fingerprint density at radius 2 is 1.76 bits per heavy atom. The first-order valence-electron chi connectivity index (χ1n) is 7.13. The Hall–Kier alpha value is -2.08. The molecule has 2 rings (SSSR count). The highest BCUT2D eigenvalue weighted by Gasteiger charge is 2.23. The summed E-state index contributed by atoms with van der Waals surface area (Å²) in [6.07, 6.45) is -0.276. The summed E-state index contributed by atoms with van der Waals surface area (Å²) in [7, 11) is 0. The van der Waals surface area contributed by atoms with E-state index in [1.807, 2.05) is 0 Å². The quantitative estimate of drug-likeness (QED) is 0.667. The molecule has 0 unspecified atom stereocenters. The van der Waals surface area contributed by atoms with Crippen LogP contribution in [0.5, 0.6) is 0 Å². The summed E-state index contributed by atoms with van der Waals surface area (Å²) in [5.74, 6) is 0.0691. The summed E-state index contributed by atoms with van der Waals surface area (Å²) in [6.45, 7) is 5.08. The zero-order valence-electron chi connectivity index (χ0n) is 12.2. The first-order valence-corrected chi connectivity index (χ1v) is 7.13. The van der Waals surface area contributed by atoms with Gasteiger partial charge in [-0.05, 0) is 31.2 Å². The van der Waals surface area contributed by atoms with Gasteiger partial charge >= 0.3 is 6.09 Å². The zero-order chi connectivity index (χ0) is 15.2. The van der Waals surface area contributed by atoms with Gasteiger partial charge < -0.3 is 15.4 Å². The number of ketones is 1. The predicted octanol–water partition coefficient (Wildman–Crippen LogP) is 1.23. The first kappa shape index (κ1) is 15.3. The molecule has 0 spiro atoms. The van der Waals surface area contributed by atoms with E-state index in [0.29, 0.717) is 50.6 Å². The van der Waals surface area contributed by atoms with E-state index in [1.54, 1.807) is 36.1 Å². The third-order valence-electron chi connectivity index (χ3n) is 3.50. The van der Waals surface area contributed by atoms with E-state index in [9.17, 15) is 9.59 Å². The van der Waals surface area contributed by atoms with E-state index in [-0.39, 0.29) is 11.9 Å². The molecular weight excluding hydrogens is 270 g/mol. The minimum absolute atomic E-state index is 0.0691. The zero-order valence-corrected chi connectivity index (χ0v) is 12.2. The van der Waals surface area contributed by atoms with E-state index < -0.39 is 0 Å². The average Bonchev–Trinajstić information content (AvgIpc) is 2.49. The number of amides is 1. The third-order valence-corrected chi connectivity index (χ3v) is 3.50. The summed E-state index contributed by atoms with van der Waals surface area (Å²) < 4.78 is 4.97. The Morgan fingerprint density at radius 1 is 1.14 bits per heavy atom. The van der Waals surface area contributed by atoms with Crippen LogP contribution in [0.3, 0.4) is 0 Å². The lowest BCUT2D eigenvalue weighted by Crippen LogP contribution is -2.50. The van der Waals surface area contributed by atoms with Gasteiger partial charge in [0.15, 0.2) is 5.78 Å². The number of hydrogen-bond donors (Lipinski definition) is 1. The van der Waals surface area contributed by atoms with Crippen molar-refractivity contribution in [3.8, 4) is 0 Å². The molecule has 6 nitrogen and oxygen atoms in total. The SMILES string of the molecule is CCOC(=O)N1CCN(CC(=O)c2ccc(N)cc2)CC1.